The van der Waals surface area contributed by atoms with Crippen molar-refractivity contribution in [1.29, 1.82) is 0 Å². The summed E-state index contributed by atoms with van der Waals surface area (Å²) in [6.45, 7) is 0. The second-order valence-electron chi connectivity index (χ2n) is 5.14. The summed E-state index contributed by atoms with van der Waals surface area (Å²) < 4.78 is 14.9. The molecule has 2 N–H and O–H groups in total. The minimum absolute atomic E-state index is 0.123. The van der Waals surface area contributed by atoms with Crippen LogP contribution in [-0.2, 0) is 0 Å². The minimum atomic E-state index is -0.389. The van der Waals surface area contributed by atoms with E-state index in [1.807, 2.05) is 18.2 Å². The summed E-state index contributed by atoms with van der Waals surface area (Å²) in [5.41, 5.74) is 6.79. The summed E-state index contributed by atoms with van der Waals surface area (Å²) in [5.74, 6) is -0.389. The lowest BCUT2D eigenvalue weighted by molar-refractivity contribution is 0.625. The van der Waals surface area contributed by atoms with Gasteiger partial charge in [-0.2, -0.15) is 5.10 Å². The van der Waals surface area contributed by atoms with E-state index in [0.717, 1.165) is 0 Å². The maximum Gasteiger partial charge on any atom is 0.209 e. The summed E-state index contributed by atoms with van der Waals surface area (Å²) in [6.07, 6.45) is 4.28. The summed E-state index contributed by atoms with van der Waals surface area (Å²) in [4.78, 5) is 16.7. The molecule has 0 unspecified atom stereocenters. The van der Waals surface area contributed by atoms with Crippen molar-refractivity contribution >= 4 is 11.4 Å². The highest BCUT2D eigenvalue weighted by Gasteiger charge is 2.10. The van der Waals surface area contributed by atoms with Crippen molar-refractivity contribution in [1.82, 2.24) is 9.78 Å². The highest BCUT2D eigenvalue weighted by molar-refractivity contribution is 6.08. The largest absolute Gasteiger partial charge is 0.405 e. The Morgan fingerprint density at radius 2 is 1.92 bits per heavy atom. The molecule has 0 saturated heterocycles. The Balaban J connectivity index is 2.12. The molecular weight excluding hydrogens is 319 g/mol. The van der Waals surface area contributed by atoms with Crippen molar-refractivity contribution in [3.63, 3.8) is 0 Å². The van der Waals surface area contributed by atoms with Crippen LogP contribution in [0.2, 0.25) is 0 Å². The van der Waals surface area contributed by atoms with Gasteiger partial charge in [0.1, 0.15) is 5.82 Å². The zero-order valence-electron chi connectivity index (χ0n) is 13.2. The molecule has 0 amide bonds. The van der Waals surface area contributed by atoms with Crippen LogP contribution in [-0.4, -0.2) is 15.5 Å². The first kappa shape index (κ1) is 16.3. The number of hydrogen-bond donors (Lipinski definition) is 1. The van der Waals surface area contributed by atoms with Gasteiger partial charge in [-0.3, -0.25) is 4.79 Å². The number of aromatic nitrogens is 2. The Bertz CT molecular complexity index is 994. The lowest BCUT2D eigenvalue weighted by Gasteiger charge is -2.08. The monoisotopic (exact) mass is 334 g/mol. The summed E-state index contributed by atoms with van der Waals surface area (Å²) in [7, 11) is 0. The molecule has 0 bridgehead atoms. The van der Waals surface area contributed by atoms with E-state index in [2.05, 4.69) is 10.1 Å². The normalized spacial score (nSPS) is 11.8. The molecule has 1 aromatic heterocycles. The second-order valence-corrected chi connectivity index (χ2v) is 5.14. The van der Waals surface area contributed by atoms with E-state index in [1.54, 1.807) is 24.3 Å². The molecule has 0 radical (unpaired) electrons. The standard InChI is InChI=1S/C19H15FN4O/c20-14-5-4-8-16(13-14)24-12-10-18(25)19(23-24)17(9-11-21)22-15-6-2-1-3-7-15/h1-13H,21H2. The van der Waals surface area contributed by atoms with Crippen molar-refractivity contribution in [2.24, 2.45) is 10.7 Å². The first-order valence-corrected chi connectivity index (χ1v) is 7.56. The van der Waals surface area contributed by atoms with Crippen molar-refractivity contribution in [2.75, 3.05) is 0 Å². The van der Waals surface area contributed by atoms with Crippen LogP contribution in [0.25, 0.3) is 5.69 Å². The Morgan fingerprint density at radius 1 is 1.12 bits per heavy atom. The molecule has 3 rings (SSSR count). The Kier molecular flexibility index (Phi) is 4.80. The zero-order valence-corrected chi connectivity index (χ0v) is 13.2. The van der Waals surface area contributed by atoms with Crippen LogP contribution in [0.3, 0.4) is 0 Å². The molecule has 2 aromatic carbocycles. The van der Waals surface area contributed by atoms with Gasteiger partial charge in [-0.25, -0.2) is 14.1 Å². The summed E-state index contributed by atoms with van der Waals surface area (Å²) >= 11 is 0. The third-order valence-corrected chi connectivity index (χ3v) is 3.38. The van der Waals surface area contributed by atoms with Crippen LogP contribution >= 0.6 is 0 Å². The molecule has 0 aliphatic rings. The van der Waals surface area contributed by atoms with Gasteiger partial charge in [-0.15, -0.1) is 0 Å². The summed E-state index contributed by atoms with van der Waals surface area (Å²) in [5, 5.41) is 4.30. The van der Waals surface area contributed by atoms with E-state index in [1.165, 1.54) is 41.4 Å². The smallest absolute Gasteiger partial charge is 0.209 e. The fourth-order valence-electron chi connectivity index (χ4n) is 2.25. The molecule has 5 nitrogen and oxygen atoms in total. The Labute approximate surface area is 143 Å². The number of nitrogens with two attached hydrogens (primary N) is 1. The molecule has 6 heteroatoms. The van der Waals surface area contributed by atoms with Crippen LogP contribution in [0.4, 0.5) is 10.1 Å². The molecule has 3 aromatic rings. The van der Waals surface area contributed by atoms with Gasteiger partial charge in [-0.1, -0.05) is 24.3 Å². The molecule has 0 atom stereocenters. The third kappa shape index (κ3) is 3.87. The first-order valence-electron chi connectivity index (χ1n) is 7.56. The van der Waals surface area contributed by atoms with Gasteiger partial charge in [0.05, 0.1) is 17.1 Å². The summed E-state index contributed by atoms with van der Waals surface area (Å²) in [6, 6.07) is 16.4. The quantitative estimate of drug-likeness (QED) is 0.746. The number of nitrogens with zero attached hydrogens (tertiary/aromatic N) is 3. The van der Waals surface area contributed by atoms with Gasteiger partial charge < -0.3 is 5.73 Å². The van der Waals surface area contributed by atoms with Gasteiger partial charge in [0.25, 0.3) is 0 Å². The number of benzene rings is 2. The lowest BCUT2D eigenvalue weighted by Crippen LogP contribution is -2.20. The molecule has 0 aliphatic carbocycles. The molecule has 0 aliphatic heterocycles. The zero-order chi connectivity index (χ0) is 17.6. The van der Waals surface area contributed by atoms with Gasteiger partial charge >= 0.3 is 0 Å². The molecular formula is C19H15FN4O. The molecule has 0 spiro atoms. The number of rotatable bonds is 4. The Hall–Kier alpha value is -3.54. The lowest BCUT2D eigenvalue weighted by atomic mass is 10.2. The van der Waals surface area contributed by atoms with Gasteiger partial charge in [-0.05, 0) is 42.6 Å². The van der Waals surface area contributed by atoms with Crippen LogP contribution < -0.4 is 11.2 Å². The predicted molar refractivity (Wildman–Crippen MR) is 95.8 cm³/mol. The third-order valence-electron chi connectivity index (χ3n) is 3.38. The average molecular weight is 334 g/mol. The Morgan fingerprint density at radius 3 is 2.64 bits per heavy atom. The molecule has 124 valence electrons. The van der Waals surface area contributed by atoms with Gasteiger partial charge in [0.2, 0.25) is 5.43 Å². The predicted octanol–water partition coefficient (Wildman–Crippen LogP) is 2.96. The van der Waals surface area contributed by atoms with Crippen LogP contribution in [0.1, 0.15) is 5.69 Å². The topological polar surface area (TPSA) is 73.3 Å². The van der Waals surface area contributed by atoms with Crippen molar-refractivity contribution in [2.45, 2.75) is 0 Å². The maximum atomic E-state index is 13.4. The van der Waals surface area contributed by atoms with Crippen molar-refractivity contribution in [3.05, 3.63) is 101 Å². The second kappa shape index (κ2) is 7.35. The van der Waals surface area contributed by atoms with Crippen LogP contribution in [0.5, 0.6) is 0 Å². The molecule has 25 heavy (non-hydrogen) atoms. The number of aliphatic imine (C=N–C) groups is 1. The number of allylic oxidation sites excluding steroid dienone is 1. The van der Waals surface area contributed by atoms with E-state index in [9.17, 15) is 9.18 Å². The van der Waals surface area contributed by atoms with Crippen molar-refractivity contribution < 1.29 is 4.39 Å². The van der Waals surface area contributed by atoms with Crippen molar-refractivity contribution in [3.8, 4) is 5.69 Å². The highest BCUT2D eigenvalue weighted by atomic mass is 19.1. The fourth-order valence-corrected chi connectivity index (χ4v) is 2.25. The van der Waals surface area contributed by atoms with Gasteiger partial charge in [0, 0.05) is 12.3 Å². The van der Waals surface area contributed by atoms with E-state index in [-0.39, 0.29) is 16.9 Å². The van der Waals surface area contributed by atoms with E-state index < -0.39 is 0 Å². The highest BCUT2D eigenvalue weighted by Crippen LogP contribution is 2.13. The van der Waals surface area contributed by atoms with Gasteiger partial charge in [0.15, 0.2) is 5.69 Å². The van der Waals surface area contributed by atoms with E-state index >= 15 is 0 Å². The molecule has 1 heterocycles. The SMILES string of the molecule is NC=CC(=Nc1ccccc1)c1nn(-c2cccc(F)c2)ccc1=O. The molecule has 0 fully saturated rings. The number of para-hydroxylation sites is 1. The molecule has 0 saturated carbocycles. The van der Waals surface area contributed by atoms with E-state index in [4.69, 9.17) is 5.73 Å². The van der Waals surface area contributed by atoms with Crippen LogP contribution in [0.15, 0.2) is 88.9 Å². The van der Waals surface area contributed by atoms with E-state index in [0.29, 0.717) is 17.1 Å². The first-order chi connectivity index (χ1) is 12.2. The number of halogens is 1. The number of hydrogen-bond acceptors (Lipinski definition) is 4. The maximum absolute atomic E-state index is 13.4. The van der Waals surface area contributed by atoms with Crippen LogP contribution in [0, 0.1) is 5.82 Å². The minimum Gasteiger partial charge on any atom is -0.405 e. The fraction of sp³-hybridized carbons (Fsp3) is 0. The average Bonchev–Trinajstić information content (AvgIpc) is 2.63.